The van der Waals surface area contributed by atoms with E-state index in [1.807, 2.05) is 60.7 Å². The van der Waals surface area contributed by atoms with Crippen LogP contribution in [-0.2, 0) is 32.1 Å². The molecule has 2 unspecified atom stereocenters. The first-order chi connectivity index (χ1) is 14.0. The Morgan fingerprint density at radius 2 is 1.66 bits per heavy atom. The van der Waals surface area contributed by atoms with Gasteiger partial charge in [0, 0.05) is 18.2 Å². The van der Waals surface area contributed by atoms with E-state index < -0.39 is 24.0 Å². The Kier molecular flexibility index (Phi) is 6.63. The highest BCUT2D eigenvalue weighted by Gasteiger charge is 2.29. The number of esters is 1. The number of nitrogens with one attached hydrogen (secondary N) is 2. The molecule has 29 heavy (non-hydrogen) atoms. The Bertz CT molecular complexity index is 897. The summed E-state index contributed by atoms with van der Waals surface area (Å²) in [5.74, 6) is -1.33. The fraction of sp³-hybridized carbons (Fsp3) is 0.227. The zero-order chi connectivity index (χ0) is 20.6. The number of rotatable bonds is 9. The molecule has 7 nitrogen and oxygen atoms in total. The SMILES string of the molecule is NC(=O)C(Cc1ccccc1)NC1=CC(=O)NC1CC(=O)OCc1ccccc1. The summed E-state index contributed by atoms with van der Waals surface area (Å²) >= 11 is 0. The fourth-order valence-corrected chi connectivity index (χ4v) is 3.07. The van der Waals surface area contributed by atoms with Crippen molar-refractivity contribution in [2.75, 3.05) is 0 Å². The second-order valence-corrected chi connectivity index (χ2v) is 6.80. The van der Waals surface area contributed by atoms with E-state index in [1.54, 1.807) is 0 Å². The van der Waals surface area contributed by atoms with Gasteiger partial charge in [0.2, 0.25) is 11.8 Å². The summed E-state index contributed by atoms with van der Waals surface area (Å²) in [5.41, 5.74) is 7.79. The second-order valence-electron chi connectivity index (χ2n) is 6.80. The summed E-state index contributed by atoms with van der Waals surface area (Å²) in [7, 11) is 0. The van der Waals surface area contributed by atoms with Crippen LogP contribution < -0.4 is 16.4 Å². The van der Waals surface area contributed by atoms with Crippen LogP contribution in [-0.4, -0.2) is 29.9 Å². The Hall–Kier alpha value is -3.61. The average Bonchev–Trinajstić information content (AvgIpc) is 3.06. The van der Waals surface area contributed by atoms with Gasteiger partial charge in [-0.15, -0.1) is 0 Å². The van der Waals surface area contributed by atoms with Crippen LogP contribution in [0.2, 0.25) is 0 Å². The Balaban J connectivity index is 1.59. The zero-order valence-corrected chi connectivity index (χ0v) is 15.8. The largest absolute Gasteiger partial charge is 0.461 e. The number of carbonyl (C=O) groups excluding carboxylic acids is 3. The van der Waals surface area contributed by atoms with Gasteiger partial charge >= 0.3 is 5.97 Å². The summed E-state index contributed by atoms with van der Waals surface area (Å²) in [4.78, 5) is 36.0. The molecule has 2 aromatic rings. The minimum Gasteiger partial charge on any atom is -0.461 e. The minimum atomic E-state index is -0.709. The van der Waals surface area contributed by atoms with E-state index in [2.05, 4.69) is 10.6 Å². The first kappa shape index (κ1) is 20.1. The summed E-state index contributed by atoms with van der Waals surface area (Å²) in [5, 5.41) is 5.71. The van der Waals surface area contributed by atoms with Crippen LogP contribution in [0.4, 0.5) is 0 Å². The highest BCUT2D eigenvalue weighted by Crippen LogP contribution is 2.14. The smallest absolute Gasteiger partial charge is 0.308 e. The van der Waals surface area contributed by atoms with Gasteiger partial charge in [-0.25, -0.2) is 0 Å². The molecule has 1 aliphatic heterocycles. The van der Waals surface area contributed by atoms with E-state index in [-0.39, 0.29) is 18.9 Å². The van der Waals surface area contributed by atoms with Gasteiger partial charge < -0.3 is 21.1 Å². The van der Waals surface area contributed by atoms with E-state index in [1.165, 1.54) is 6.08 Å². The Morgan fingerprint density at radius 3 is 2.28 bits per heavy atom. The average molecular weight is 393 g/mol. The summed E-state index contributed by atoms with van der Waals surface area (Å²) in [6.07, 6.45) is 1.66. The molecule has 0 aromatic heterocycles. The van der Waals surface area contributed by atoms with Gasteiger partial charge in [0.05, 0.1) is 12.5 Å². The van der Waals surface area contributed by atoms with Crippen molar-refractivity contribution in [3.05, 3.63) is 83.6 Å². The summed E-state index contributed by atoms with van der Waals surface area (Å²) < 4.78 is 5.28. The maximum Gasteiger partial charge on any atom is 0.308 e. The standard InChI is InChI=1S/C22H23N3O4/c23-22(28)19(11-15-7-3-1-4-8-15)24-17-12-20(26)25-18(17)13-21(27)29-14-16-9-5-2-6-10-16/h1-10,12,18-19,24H,11,13-14H2,(H2,23,28)(H,25,26). The van der Waals surface area contributed by atoms with Crippen LogP contribution in [0.3, 0.4) is 0 Å². The number of benzene rings is 2. The highest BCUT2D eigenvalue weighted by molar-refractivity contribution is 5.93. The number of hydrogen-bond acceptors (Lipinski definition) is 5. The lowest BCUT2D eigenvalue weighted by atomic mass is 10.0. The molecule has 150 valence electrons. The molecule has 3 rings (SSSR count). The lowest BCUT2D eigenvalue weighted by Gasteiger charge is -2.21. The predicted octanol–water partition coefficient (Wildman–Crippen LogP) is 1.19. The van der Waals surface area contributed by atoms with E-state index >= 15 is 0 Å². The third-order valence-corrected chi connectivity index (χ3v) is 4.56. The summed E-state index contributed by atoms with van der Waals surface area (Å²) in [6.45, 7) is 0.157. The van der Waals surface area contributed by atoms with Gasteiger partial charge in [-0.1, -0.05) is 60.7 Å². The van der Waals surface area contributed by atoms with Gasteiger partial charge in [0.25, 0.3) is 0 Å². The van der Waals surface area contributed by atoms with Crippen molar-refractivity contribution < 1.29 is 19.1 Å². The van der Waals surface area contributed by atoms with Crippen LogP contribution in [0.15, 0.2) is 72.4 Å². The topological polar surface area (TPSA) is 111 Å². The molecule has 4 N–H and O–H groups in total. The number of amides is 2. The maximum absolute atomic E-state index is 12.2. The first-order valence-electron chi connectivity index (χ1n) is 9.32. The van der Waals surface area contributed by atoms with Crippen LogP contribution >= 0.6 is 0 Å². The predicted molar refractivity (Wildman–Crippen MR) is 107 cm³/mol. The Labute approximate surface area is 168 Å². The van der Waals surface area contributed by atoms with Crippen molar-refractivity contribution in [3.63, 3.8) is 0 Å². The minimum absolute atomic E-state index is 0.0474. The molecular weight excluding hydrogens is 370 g/mol. The van der Waals surface area contributed by atoms with Crippen LogP contribution in [0.1, 0.15) is 17.5 Å². The van der Waals surface area contributed by atoms with Gasteiger partial charge in [0.15, 0.2) is 0 Å². The molecule has 0 aliphatic carbocycles. The number of nitrogens with two attached hydrogens (primary N) is 1. The van der Waals surface area contributed by atoms with E-state index in [0.717, 1.165) is 11.1 Å². The second kappa shape index (κ2) is 9.54. The molecule has 1 aliphatic rings. The van der Waals surface area contributed by atoms with Crippen LogP contribution in [0.25, 0.3) is 0 Å². The van der Waals surface area contributed by atoms with Gasteiger partial charge in [-0.05, 0) is 11.1 Å². The molecule has 0 saturated heterocycles. The third kappa shape index (κ3) is 5.93. The molecule has 1 heterocycles. The van der Waals surface area contributed by atoms with Crippen molar-refractivity contribution in [3.8, 4) is 0 Å². The quantitative estimate of drug-likeness (QED) is 0.554. The van der Waals surface area contributed by atoms with Gasteiger partial charge in [0.1, 0.15) is 12.6 Å². The molecule has 2 aromatic carbocycles. The van der Waals surface area contributed by atoms with Crippen molar-refractivity contribution in [2.45, 2.75) is 31.5 Å². The number of carbonyl (C=O) groups is 3. The molecule has 0 spiro atoms. The molecule has 2 atom stereocenters. The fourth-order valence-electron chi connectivity index (χ4n) is 3.07. The lowest BCUT2D eigenvalue weighted by Crippen LogP contribution is -2.45. The molecular formula is C22H23N3O4. The highest BCUT2D eigenvalue weighted by atomic mass is 16.5. The zero-order valence-electron chi connectivity index (χ0n) is 15.8. The van der Waals surface area contributed by atoms with Gasteiger partial charge in [-0.2, -0.15) is 0 Å². The van der Waals surface area contributed by atoms with Crippen molar-refractivity contribution in [2.24, 2.45) is 5.73 Å². The van der Waals surface area contributed by atoms with E-state index in [0.29, 0.717) is 12.1 Å². The Morgan fingerprint density at radius 1 is 1.03 bits per heavy atom. The molecule has 2 amide bonds. The van der Waals surface area contributed by atoms with E-state index in [4.69, 9.17) is 10.5 Å². The van der Waals surface area contributed by atoms with Crippen molar-refractivity contribution >= 4 is 17.8 Å². The van der Waals surface area contributed by atoms with Crippen molar-refractivity contribution in [1.29, 1.82) is 0 Å². The molecule has 7 heteroatoms. The normalized spacial score (nSPS) is 16.5. The van der Waals surface area contributed by atoms with Crippen LogP contribution in [0.5, 0.6) is 0 Å². The number of primary amides is 1. The molecule has 0 bridgehead atoms. The third-order valence-electron chi connectivity index (χ3n) is 4.56. The monoisotopic (exact) mass is 393 g/mol. The maximum atomic E-state index is 12.2. The van der Waals surface area contributed by atoms with Gasteiger partial charge in [-0.3, -0.25) is 14.4 Å². The molecule has 0 fully saturated rings. The number of hydrogen-bond donors (Lipinski definition) is 3. The van der Waals surface area contributed by atoms with Crippen molar-refractivity contribution in [1.82, 2.24) is 10.6 Å². The van der Waals surface area contributed by atoms with E-state index in [9.17, 15) is 14.4 Å². The van der Waals surface area contributed by atoms with Crippen LogP contribution in [0, 0.1) is 0 Å². The lowest BCUT2D eigenvalue weighted by molar-refractivity contribution is -0.145. The number of ether oxygens (including phenoxy) is 1. The summed E-state index contributed by atoms with van der Waals surface area (Å²) in [6, 6.07) is 17.4. The molecule has 0 saturated carbocycles. The first-order valence-corrected chi connectivity index (χ1v) is 9.32. The molecule has 0 radical (unpaired) electrons.